The maximum Gasteiger partial charge on any atom is 0.253 e. The maximum absolute atomic E-state index is 12.9. The second-order valence-corrected chi connectivity index (χ2v) is 10.2. The Balaban J connectivity index is 1.40. The Labute approximate surface area is 170 Å². The lowest BCUT2D eigenvalue weighted by atomic mass is 9.94. The molecule has 0 N–H and O–H groups in total. The number of piperidine rings is 1. The number of aromatic nitrogens is 2. The van der Waals surface area contributed by atoms with Crippen LogP contribution >= 0.6 is 0 Å². The molecule has 0 bridgehead atoms. The zero-order valence-corrected chi connectivity index (χ0v) is 17.6. The predicted octanol–water partition coefficient (Wildman–Crippen LogP) is 2.29. The minimum atomic E-state index is -3.50. The number of carbonyl (C=O) groups excluding carboxylic acids is 1. The summed E-state index contributed by atoms with van der Waals surface area (Å²) in [4.78, 5) is 19.4. The van der Waals surface area contributed by atoms with Gasteiger partial charge in [0.1, 0.15) is 0 Å². The fraction of sp³-hybridized carbons (Fsp3) is 0.550. The zero-order valence-electron chi connectivity index (χ0n) is 16.7. The Morgan fingerprint density at radius 2 is 1.93 bits per heavy atom. The van der Waals surface area contributed by atoms with Gasteiger partial charge in [-0.2, -0.15) is 4.98 Å². The third kappa shape index (κ3) is 4.35. The van der Waals surface area contributed by atoms with Crippen molar-refractivity contribution in [2.45, 2.75) is 42.9 Å². The molecule has 1 aromatic carbocycles. The van der Waals surface area contributed by atoms with Gasteiger partial charge in [-0.25, -0.2) is 12.7 Å². The van der Waals surface area contributed by atoms with Crippen LogP contribution < -0.4 is 0 Å². The Kier molecular flexibility index (Phi) is 5.44. The third-order valence-corrected chi connectivity index (χ3v) is 7.40. The summed E-state index contributed by atoms with van der Waals surface area (Å²) in [6.45, 7) is 1.34. The summed E-state index contributed by atoms with van der Waals surface area (Å²) < 4.78 is 30.9. The Hall–Kier alpha value is -2.26. The van der Waals surface area contributed by atoms with Crippen LogP contribution in [0.1, 0.15) is 53.7 Å². The van der Waals surface area contributed by atoms with Crippen LogP contribution in [0.15, 0.2) is 33.7 Å². The lowest BCUT2D eigenvalue weighted by molar-refractivity contribution is 0.0668. The minimum Gasteiger partial charge on any atom is -0.339 e. The molecule has 29 heavy (non-hydrogen) atoms. The first-order valence-electron chi connectivity index (χ1n) is 9.99. The third-order valence-electron chi connectivity index (χ3n) is 5.58. The number of carbonyl (C=O) groups is 1. The average molecular weight is 419 g/mol. The van der Waals surface area contributed by atoms with Crippen molar-refractivity contribution in [2.75, 3.05) is 27.2 Å². The highest BCUT2D eigenvalue weighted by molar-refractivity contribution is 7.89. The van der Waals surface area contributed by atoms with Crippen LogP contribution in [-0.2, 0) is 16.4 Å². The van der Waals surface area contributed by atoms with Crippen LogP contribution in [0, 0.1) is 5.92 Å². The van der Waals surface area contributed by atoms with Gasteiger partial charge in [-0.05, 0) is 55.9 Å². The average Bonchev–Trinajstić information content (AvgIpc) is 3.47. The molecule has 0 unspecified atom stereocenters. The van der Waals surface area contributed by atoms with Gasteiger partial charge in [0.25, 0.3) is 5.91 Å². The Bertz CT molecular complexity index is 980. The van der Waals surface area contributed by atoms with Crippen LogP contribution in [0.5, 0.6) is 0 Å². The van der Waals surface area contributed by atoms with Crippen molar-refractivity contribution in [3.63, 3.8) is 0 Å². The first-order chi connectivity index (χ1) is 13.8. The summed E-state index contributed by atoms with van der Waals surface area (Å²) in [6, 6.07) is 6.15. The zero-order chi connectivity index (χ0) is 20.6. The fourth-order valence-electron chi connectivity index (χ4n) is 3.68. The first kappa shape index (κ1) is 20.0. The highest BCUT2D eigenvalue weighted by Crippen LogP contribution is 2.38. The van der Waals surface area contributed by atoms with Gasteiger partial charge in [0.2, 0.25) is 15.9 Å². The molecule has 2 aliphatic rings. The van der Waals surface area contributed by atoms with Crippen molar-refractivity contribution in [3.05, 3.63) is 41.5 Å². The van der Waals surface area contributed by atoms with E-state index < -0.39 is 10.0 Å². The molecule has 1 aromatic heterocycles. The van der Waals surface area contributed by atoms with E-state index in [1.54, 1.807) is 12.1 Å². The smallest absolute Gasteiger partial charge is 0.253 e. The van der Waals surface area contributed by atoms with Crippen LogP contribution in [0.2, 0.25) is 0 Å². The van der Waals surface area contributed by atoms with E-state index in [1.807, 2.05) is 4.90 Å². The summed E-state index contributed by atoms with van der Waals surface area (Å²) in [7, 11) is -0.531. The summed E-state index contributed by atoms with van der Waals surface area (Å²) in [5.41, 5.74) is 0.497. The van der Waals surface area contributed by atoms with Gasteiger partial charge in [-0.1, -0.05) is 5.16 Å². The number of nitrogens with zero attached hydrogens (tertiary/aromatic N) is 4. The van der Waals surface area contributed by atoms with Crippen molar-refractivity contribution < 1.29 is 17.7 Å². The molecule has 2 fully saturated rings. The van der Waals surface area contributed by atoms with E-state index in [2.05, 4.69) is 10.1 Å². The summed E-state index contributed by atoms with van der Waals surface area (Å²) in [5, 5.41) is 4.07. The molecule has 1 aliphatic carbocycles. The van der Waals surface area contributed by atoms with E-state index >= 15 is 0 Å². The monoisotopic (exact) mass is 418 g/mol. The number of rotatable bonds is 6. The van der Waals surface area contributed by atoms with E-state index in [1.165, 1.54) is 26.2 Å². The SMILES string of the molecule is CN(C)S(=O)(=O)c1ccc(C(=O)N2CCC[C@H](Cc3nc(C4CC4)no3)C2)cc1. The Morgan fingerprint density at radius 1 is 1.21 bits per heavy atom. The first-order valence-corrected chi connectivity index (χ1v) is 11.4. The maximum atomic E-state index is 12.9. The molecule has 156 valence electrons. The molecule has 9 heteroatoms. The molecule has 1 saturated heterocycles. The molecule has 1 amide bonds. The van der Waals surface area contributed by atoms with E-state index in [0.29, 0.717) is 36.9 Å². The lowest BCUT2D eigenvalue weighted by Crippen LogP contribution is -2.40. The van der Waals surface area contributed by atoms with Crippen molar-refractivity contribution in [2.24, 2.45) is 5.92 Å². The van der Waals surface area contributed by atoms with Crippen LogP contribution in [-0.4, -0.2) is 60.9 Å². The number of hydrogen-bond donors (Lipinski definition) is 0. The second-order valence-electron chi connectivity index (χ2n) is 8.10. The van der Waals surface area contributed by atoms with Crippen molar-refractivity contribution in [1.82, 2.24) is 19.3 Å². The van der Waals surface area contributed by atoms with Crippen molar-refractivity contribution >= 4 is 15.9 Å². The quantitative estimate of drug-likeness (QED) is 0.714. The number of hydrogen-bond acceptors (Lipinski definition) is 6. The molecule has 2 heterocycles. The molecule has 0 radical (unpaired) electrons. The number of sulfonamides is 1. The highest BCUT2D eigenvalue weighted by Gasteiger charge is 2.30. The van der Waals surface area contributed by atoms with E-state index in [-0.39, 0.29) is 16.7 Å². The van der Waals surface area contributed by atoms with Gasteiger partial charge < -0.3 is 9.42 Å². The highest BCUT2D eigenvalue weighted by atomic mass is 32.2. The molecule has 1 saturated carbocycles. The summed E-state index contributed by atoms with van der Waals surface area (Å²) in [6.07, 6.45) is 4.90. The second kappa shape index (κ2) is 7.87. The number of benzene rings is 1. The van der Waals surface area contributed by atoms with Crippen molar-refractivity contribution in [3.8, 4) is 0 Å². The van der Waals surface area contributed by atoms with E-state index in [9.17, 15) is 13.2 Å². The predicted molar refractivity (Wildman–Crippen MR) is 106 cm³/mol. The minimum absolute atomic E-state index is 0.0762. The normalized spacial score (nSPS) is 20.2. The molecule has 2 aromatic rings. The number of amides is 1. The molecule has 1 aliphatic heterocycles. The van der Waals surface area contributed by atoms with Crippen molar-refractivity contribution in [1.29, 1.82) is 0 Å². The van der Waals surface area contributed by atoms with Gasteiger partial charge in [-0.3, -0.25) is 4.79 Å². The van der Waals surface area contributed by atoms with Gasteiger partial charge >= 0.3 is 0 Å². The van der Waals surface area contributed by atoms with Crippen LogP contribution in [0.25, 0.3) is 0 Å². The standard InChI is InChI=1S/C20H26N4O4S/c1-23(2)29(26,27)17-9-7-16(8-10-17)20(25)24-11-3-4-14(13-24)12-18-21-19(22-28-18)15-5-6-15/h7-10,14-15H,3-6,11-13H2,1-2H3/t14-/m1/s1. The van der Waals surface area contributed by atoms with Gasteiger partial charge in [-0.15, -0.1) is 0 Å². The molecular formula is C20H26N4O4S. The summed E-state index contributed by atoms with van der Waals surface area (Å²) in [5.74, 6) is 2.15. The van der Waals surface area contributed by atoms with E-state index in [4.69, 9.17) is 4.52 Å². The van der Waals surface area contributed by atoms with Crippen LogP contribution in [0.3, 0.4) is 0 Å². The molecule has 0 spiro atoms. The molecule has 4 rings (SSSR count). The summed E-state index contributed by atoms with van der Waals surface area (Å²) >= 11 is 0. The molecule has 8 nitrogen and oxygen atoms in total. The van der Waals surface area contributed by atoms with Gasteiger partial charge in [0.05, 0.1) is 4.90 Å². The molecule has 1 atom stereocenters. The Morgan fingerprint density at radius 3 is 2.59 bits per heavy atom. The van der Waals surface area contributed by atoms with Gasteiger partial charge in [0.15, 0.2) is 5.82 Å². The van der Waals surface area contributed by atoms with Gasteiger partial charge in [0, 0.05) is 45.1 Å². The lowest BCUT2D eigenvalue weighted by Gasteiger charge is -2.32. The topological polar surface area (TPSA) is 96.6 Å². The fourth-order valence-corrected chi connectivity index (χ4v) is 4.59. The van der Waals surface area contributed by atoms with E-state index in [0.717, 1.165) is 35.8 Å². The van der Waals surface area contributed by atoms with Crippen LogP contribution in [0.4, 0.5) is 0 Å². The number of likely N-dealkylation sites (tertiary alicyclic amines) is 1. The largest absolute Gasteiger partial charge is 0.339 e. The molecular weight excluding hydrogens is 392 g/mol.